The SMILES string of the molecule is Cc1cccc(C)c1-n1nnnc1S[C@H](C)C(=O)Nc1cccc(F)c1. The van der Waals surface area contributed by atoms with Crippen molar-refractivity contribution in [2.24, 2.45) is 0 Å². The summed E-state index contributed by atoms with van der Waals surface area (Å²) in [6.45, 7) is 5.72. The fourth-order valence-electron chi connectivity index (χ4n) is 2.55. The maximum Gasteiger partial charge on any atom is 0.237 e. The quantitative estimate of drug-likeness (QED) is 0.695. The first kappa shape index (κ1) is 18.1. The molecule has 0 saturated carbocycles. The first-order valence-electron chi connectivity index (χ1n) is 8.04. The molecule has 1 amide bonds. The standard InChI is InChI=1S/C18H18FN5OS/c1-11-6-4-7-12(2)16(11)24-18(21-22-23-24)26-13(3)17(25)20-15-9-5-8-14(19)10-15/h4-10,13H,1-3H3,(H,20,25)/t13-/m1/s1. The molecule has 1 N–H and O–H groups in total. The summed E-state index contributed by atoms with van der Waals surface area (Å²) in [5, 5.41) is 14.6. The Hall–Kier alpha value is -2.74. The Morgan fingerprint density at radius 3 is 2.58 bits per heavy atom. The fourth-order valence-corrected chi connectivity index (χ4v) is 3.35. The molecule has 8 heteroatoms. The maximum absolute atomic E-state index is 13.3. The number of nitrogens with one attached hydrogen (secondary N) is 1. The van der Waals surface area contributed by atoms with E-state index in [1.165, 1.54) is 23.9 Å². The van der Waals surface area contributed by atoms with Crippen molar-refractivity contribution in [3.05, 3.63) is 59.4 Å². The van der Waals surface area contributed by atoms with Gasteiger partial charge in [-0.1, -0.05) is 36.0 Å². The minimum atomic E-state index is -0.465. The fraction of sp³-hybridized carbons (Fsp3) is 0.222. The molecule has 3 aromatic rings. The Morgan fingerprint density at radius 1 is 1.19 bits per heavy atom. The lowest BCUT2D eigenvalue weighted by Crippen LogP contribution is -2.23. The molecule has 1 heterocycles. The zero-order chi connectivity index (χ0) is 18.7. The number of carbonyl (C=O) groups excluding carboxylic acids is 1. The third kappa shape index (κ3) is 3.91. The number of benzene rings is 2. The van der Waals surface area contributed by atoms with Crippen LogP contribution >= 0.6 is 11.8 Å². The number of amides is 1. The van der Waals surface area contributed by atoms with Gasteiger partial charge in [-0.05, 0) is 60.5 Å². The van der Waals surface area contributed by atoms with Crippen molar-refractivity contribution in [3.8, 4) is 5.69 Å². The van der Waals surface area contributed by atoms with E-state index in [1.807, 2.05) is 32.0 Å². The van der Waals surface area contributed by atoms with E-state index < -0.39 is 11.1 Å². The molecule has 0 unspecified atom stereocenters. The van der Waals surface area contributed by atoms with E-state index in [4.69, 9.17) is 0 Å². The summed E-state index contributed by atoms with van der Waals surface area (Å²) in [5.74, 6) is -0.654. The van der Waals surface area contributed by atoms with E-state index >= 15 is 0 Å². The number of hydrogen-bond donors (Lipinski definition) is 1. The van der Waals surface area contributed by atoms with Crippen LogP contribution in [0.25, 0.3) is 5.69 Å². The van der Waals surface area contributed by atoms with Crippen LogP contribution in [-0.2, 0) is 4.79 Å². The number of halogens is 1. The van der Waals surface area contributed by atoms with Gasteiger partial charge in [0.25, 0.3) is 0 Å². The molecule has 0 saturated heterocycles. The number of rotatable bonds is 5. The summed E-state index contributed by atoms with van der Waals surface area (Å²) in [6.07, 6.45) is 0. The predicted molar refractivity (Wildman–Crippen MR) is 99.0 cm³/mol. The van der Waals surface area contributed by atoms with E-state index in [1.54, 1.807) is 23.7 Å². The van der Waals surface area contributed by atoms with Crippen LogP contribution in [0, 0.1) is 19.7 Å². The van der Waals surface area contributed by atoms with Gasteiger partial charge in [-0.2, -0.15) is 4.68 Å². The second kappa shape index (κ2) is 7.65. The average molecular weight is 371 g/mol. The first-order valence-corrected chi connectivity index (χ1v) is 8.91. The lowest BCUT2D eigenvalue weighted by atomic mass is 10.1. The highest BCUT2D eigenvalue weighted by Crippen LogP contribution is 2.26. The van der Waals surface area contributed by atoms with Gasteiger partial charge in [-0.3, -0.25) is 4.79 Å². The summed E-state index contributed by atoms with van der Waals surface area (Å²) in [7, 11) is 0. The monoisotopic (exact) mass is 371 g/mol. The third-order valence-corrected chi connectivity index (χ3v) is 4.87. The van der Waals surface area contributed by atoms with E-state index in [-0.39, 0.29) is 5.91 Å². The number of hydrogen-bond acceptors (Lipinski definition) is 5. The van der Waals surface area contributed by atoms with Gasteiger partial charge in [-0.15, -0.1) is 5.10 Å². The molecule has 1 atom stereocenters. The molecular weight excluding hydrogens is 353 g/mol. The Balaban J connectivity index is 1.77. The number of anilines is 1. The van der Waals surface area contributed by atoms with Crippen LogP contribution in [0.2, 0.25) is 0 Å². The highest BCUT2D eigenvalue weighted by atomic mass is 32.2. The second-order valence-electron chi connectivity index (χ2n) is 5.87. The number of thioether (sulfide) groups is 1. The number of aryl methyl sites for hydroxylation is 2. The van der Waals surface area contributed by atoms with E-state index in [9.17, 15) is 9.18 Å². The van der Waals surface area contributed by atoms with Crippen molar-refractivity contribution in [2.45, 2.75) is 31.2 Å². The van der Waals surface area contributed by atoms with Gasteiger partial charge >= 0.3 is 0 Å². The Kier molecular flexibility index (Phi) is 5.32. The molecule has 0 aliphatic carbocycles. The predicted octanol–water partition coefficient (Wildman–Crippen LogP) is 3.54. The summed E-state index contributed by atoms with van der Waals surface area (Å²) in [6, 6.07) is 11.7. The topological polar surface area (TPSA) is 72.7 Å². The molecule has 0 aliphatic rings. The normalized spacial score (nSPS) is 12.0. The largest absolute Gasteiger partial charge is 0.325 e. The molecule has 0 aliphatic heterocycles. The van der Waals surface area contributed by atoms with Gasteiger partial charge in [-0.25, -0.2) is 4.39 Å². The summed E-state index contributed by atoms with van der Waals surface area (Å²) >= 11 is 1.24. The van der Waals surface area contributed by atoms with Crippen LogP contribution in [0.4, 0.5) is 10.1 Å². The van der Waals surface area contributed by atoms with Crippen molar-refractivity contribution >= 4 is 23.4 Å². The molecule has 0 spiro atoms. The van der Waals surface area contributed by atoms with Crippen molar-refractivity contribution in [1.29, 1.82) is 0 Å². The van der Waals surface area contributed by atoms with E-state index in [2.05, 4.69) is 20.8 Å². The van der Waals surface area contributed by atoms with Gasteiger partial charge < -0.3 is 5.32 Å². The Bertz CT molecular complexity index is 923. The van der Waals surface area contributed by atoms with Gasteiger partial charge in [0, 0.05) is 5.69 Å². The molecule has 26 heavy (non-hydrogen) atoms. The Morgan fingerprint density at radius 2 is 1.88 bits per heavy atom. The van der Waals surface area contributed by atoms with Gasteiger partial charge in [0.15, 0.2) is 0 Å². The molecule has 0 fully saturated rings. The maximum atomic E-state index is 13.3. The minimum absolute atomic E-state index is 0.253. The average Bonchev–Trinajstić information content (AvgIpc) is 3.02. The first-order chi connectivity index (χ1) is 12.5. The molecule has 0 bridgehead atoms. The zero-order valence-corrected chi connectivity index (χ0v) is 15.4. The van der Waals surface area contributed by atoms with Gasteiger partial charge in [0.05, 0.1) is 10.9 Å². The summed E-state index contributed by atoms with van der Waals surface area (Å²) in [4.78, 5) is 12.4. The molecular formula is C18H18FN5OS. The number of nitrogens with zero attached hydrogens (tertiary/aromatic N) is 4. The van der Waals surface area contributed by atoms with E-state index in [0.29, 0.717) is 10.8 Å². The second-order valence-corrected chi connectivity index (χ2v) is 7.18. The zero-order valence-electron chi connectivity index (χ0n) is 14.6. The van der Waals surface area contributed by atoms with Crippen molar-refractivity contribution < 1.29 is 9.18 Å². The summed E-state index contributed by atoms with van der Waals surface area (Å²) in [5.41, 5.74) is 3.39. The number of tetrazole rings is 1. The number of aromatic nitrogens is 4. The van der Waals surface area contributed by atoms with Crippen LogP contribution in [0.5, 0.6) is 0 Å². The van der Waals surface area contributed by atoms with Gasteiger partial charge in [0.2, 0.25) is 11.1 Å². The lowest BCUT2D eigenvalue weighted by molar-refractivity contribution is -0.115. The number of para-hydroxylation sites is 1. The van der Waals surface area contributed by atoms with Crippen LogP contribution in [-0.4, -0.2) is 31.4 Å². The van der Waals surface area contributed by atoms with Crippen molar-refractivity contribution in [2.75, 3.05) is 5.32 Å². The van der Waals surface area contributed by atoms with Gasteiger partial charge in [0.1, 0.15) is 5.82 Å². The molecule has 0 radical (unpaired) electrons. The summed E-state index contributed by atoms with van der Waals surface area (Å²) < 4.78 is 14.9. The van der Waals surface area contributed by atoms with Crippen LogP contribution < -0.4 is 5.32 Å². The van der Waals surface area contributed by atoms with Crippen molar-refractivity contribution in [3.63, 3.8) is 0 Å². The molecule has 134 valence electrons. The van der Waals surface area contributed by atoms with Crippen molar-refractivity contribution in [1.82, 2.24) is 20.2 Å². The third-order valence-electron chi connectivity index (χ3n) is 3.84. The lowest BCUT2D eigenvalue weighted by Gasteiger charge is -2.13. The highest BCUT2D eigenvalue weighted by Gasteiger charge is 2.20. The minimum Gasteiger partial charge on any atom is -0.325 e. The smallest absolute Gasteiger partial charge is 0.237 e. The molecule has 2 aromatic carbocycles. The van der Waals surface area contributed by atoms with E-state index in [0.717, 1.165) is 16.8 Å². The molecule has 3 rings (SSSR count). The number of carbonyl (C=O) groups is 1. The van der Waals surface area contributed by atoms with Crippen LogP contribution in [0.1, 0.15) is 18.1 Å². The molecule has 6 nitrogen and oxygen atoms in total. The van der Waals surface area contributed by atoms with Crippen LogP contribution in [0.3, 0.4) is 0 Å². The van der Waals surface area contributed by atoms with Crippen LogP contribution in [0.15, 0.2) is 47.6 Å². The Labute approximate surface area is 154 Å². The molecule has 1 aromatic heterocycles. The highest BCUT2D eigenvalue weighted by molar-refractivity contribution is 8.00.